The predicted octanol–water partition coefficient (Wildman–Crippen LogP) is 3.43. The van der Waals surface area contributed by atoms with Gasteiger partial charge in [-0.25, -0.2) is 0 Å². The quantitative estimate of drug-likeness (QED) is 0.537. The van der Waals surface area contributed by atoms with E-state index in [1.54, 1.807) is 17.6 Å². The Morgan fingerprint density at radius 1 is 1.05 bits per heavy atom. The minimum Gasteiger partial charge on any atom is -0.339 e. The summed E-state index contributed by atoms with van der Waals surface area (Å²) in [6.07, 6.45) is 0. The molecule has 4 heteroatoms. The van der Waals surface area contributed by atoms with E-state index in [1.807, 2.05) is 6.07 Å². The van der Waals surface area contributed by atoms with Gasteiger partial charge in [0, 0.05) is 12.2 Å². The number of nitrogens with zero attached hydrogens (tertiary/aromatic N) is 2. The second kappa shape index (κ2) is 5.30. The molecule has 0 spiro atoms. The lowest BCUT2D eigenvalue weighted by Crippen LogP contribution is -2.24. The number of aromatic nitrogens is 2. The molecule has 0 fully saturated rings. The van der Waals surface area contributed by atoms with Crippen molar-refractivity contribution in [3.8, 4) is 0 Å². The van der Waals surface area contributed by atoms with Crippen molar-refractivity contribution in [1.82, 2.24) is 9.13 Å². The first-order chi connectivity index (χ1) is 10.5. The average Bonchev–Trinajstić information content (AvgIpc) is 2.76. The molecule has 4 nitrogen and oxygen atoms in total. The van der Waals surface area contributed by atoms with Gasteiger partial charge in [0.2, 0.25) is 0 Å². The highest BCUT2D eigenvalue weighted by Crippen LogP contribution is 2.20. The van der Waals surface area contributed by atoms with E-state index in [-0.39, 0.29) is 0 Å². The Kier molecular flexibility index (Phi) is 3.45. The van der Waals surface area contributed by atoms with Crippen LogP contribution in [0.1, 0.15) is 23.7 Å². The summed E-state index contributed by atoms with van der Waals surface area (Å²) in [6.45, 7) is 6.72. The molecule has 2 heterocycles. The van der Waals surface area contributed by atoms with Gasteiger partial charge in [-0.15, -0.1) is 0 Å². The zero-order chi connectivity index (χ0) is 15.9. The first-order valence-corrected chi connectivity index (χ1v) is 7.35. The van der Waals surface area contributed by atoms with Gasteiger partial charge in [-0.1, -0.05) is 24.3 Å². The minimum absolute atomic E-state index is 0.341. The smallest absolute Gasteiger partial charge is 0.130 e. The molecular weight excluding hydrogens is 272 g/mol. The maximum absolute atomic E-state index is 8.03. The summed E-state index contributed by atoms with van der Waals surface area (Å²) in [5.41, 5.74) is 6.02. The van der Waals surface area contributed by atoms with Crippen molar-refractivity contribution in [2.24, 2.45) is 0 Å². The molecule has 0 aliphatic heterocycles. The maximum atomic E-state index is 8.03. The van der Waals surface area contributed by atoms with Gasteiger partial charge < -0.3 is 4.57 Å². The van der Waals surface area contributed by atoms with Crippen LogP contribution in [-0.4, -0.2) is 15.0 Å². The molecule has 0 amide bonds. The number of pyridine rings is 1. The van der Waals surface area contributed by atoms with Crippen molar-refractivity contribution in [1.29, 1.82) is 10.8 Å². The fourth-order valence-electron chi connectivity index (χ4n) is 2.92. The molecule has 112 valence electrons. The van der Waals surface area contributed by atoms with E-state index in [0.29, 0.717) is 11.3 Å². The van der Waals surface area contributed by atoms with Gasteiger partial charge in [0.25, 0.3) is 0 Å². The van der Waals surface area contributed by atoms with Gasteiger partial charge in [-0.3, -0.25) is 15.4 Å². The molecule has 3 rings (SSSR count). The van der Waals surface area contributed by atoms with Crippen LogP contribution in [0.5, 0.6) is 0 Å². The maximum Gasteiger partial charge on any atom is 0.130 e. The van der Waals surface area contributed by atoms with E-state index in [4.69, 9.17) is 10.8 Å². The van der Waals surface area contributed by atoms with Gasteiger partial charge in [0.05, 0.1) is 11.0 Å². The second-order valence-electron chi connectivity index (χ2n) is 5.71. The first-order valence-electron chi connectivity index (χ1n) is 7.35. The number of hydrogen-bond donors (Lipinski definition) is 2. The molecule has 3 aromatic rings. The molecule has 0 saturated carbocycles. The summed E-state index contributed by atoms with van der Waals surface area (Å²) in [5, 5.41) is 16.0. The predicted molar refractivity (Wildman–Crippen MR) is 89.6 cm³/mol. The van der Waals surface area contributed by atoms with E-state index in [2.05, 4.69) is 48.7 Å². The van der Waals surface area contributed by atoms with Gasteiger partial charge in [0.1, 0.15) is 11.3 Å². The second-order valence-corrected chi connectivity index (χ2v) is 5.71. The first kappa shape index (κ1) is 14.3. The van der Waals surface area contributed by atoms with Crippen molar-refractivity contribution < 1.29 is 0 Å². The summed E-state index contributed by atoms with van der Waals surface area (Å²) in [7, 11) is 0. The Labute approximate surface area is 129 Å². The lowest BCUT2D eigenvalue weighted by atomic mass is 10.1. The fourth-order valence-corrected chi connectivity index (χ4v) is 2.92. The SMILES string of the molecule is CC(=N)n1c(=N)ccc2c1cc(C)n2Cc1ccccc1C. The number of aryl methyl sites for hydroxylation is 2. The Hall–Kier alpha value is -2.62. The van der Waals surface area contributed by atoms with Crippen molar-refractivity contribution in [2.45, 2.75) is 27.3 Å². The molecule has 0 aliphatic rings. The number of fused-ring (bicyclic) bond motifs is 1. The van der Waals surface area contributed by atoms with E-state index in [9.17, 15) is 0 Å². The Morgan fingerprint density at radius 2 is 1.77 bits per heavy atom. The standard InChI is InChI=1S/C18H20N4/c1-12-6-4-5-7-15(12)11-21-13(2)10-17-16(21)8-9-18(20)22(17)14(3)19/h4-10,19-20H,11H2,1-3H3. The summed E-state index contributed by atoms with van der Waals surface area (Å²) >= 11 is 0. The molecule has 0 aliphatic carbocycles. The third-order valence-electron chi connectivity index (χ3n) is 4.13. The van der Waals surface area contributed by atoms with Crippen LogP contribution in [-0.2, 0) is 6.54 Å². The normalized spacial score (nSPS) is 11.0. The van der Waals surface area contributed by atoms with Crippen LogP contribution in [0.4, 0.5) is 0 Å². The third kappa shape index (κ3) is 2.26. The summed E-state index contributed by atoms with van der Waals surface area (Å²) in [4.78, 5) is 0. The highest BCUT2D eigenvalue weighted by Gasteiger charge is 2.11. The van der Waals surface area contributed by atoms with E-state index in [1.165, 1.54) is 11.1 Å². The molecule has 0 atom stereocenters. The Balaban J connectivity index is 2.22. The molecular formula is C18H20N4. The molecule has 1 aromatic carbocycles. The zero-order valence-electron chi connectivity index (χ0n) is 13.1. The zero-order valence-corrected chi connectivity index (χ0v) is 13.1. The molecule has 2 aromatic heterocycles. The number of benzene rings is 1. The van der Waals surface area contributed by atoms with Crippen LogP contribution in [0.25, 0.3) is 11.0 Å². The van der Waals surface area contributed by atoms with Crippen molar-refractivity contribution in [2.75, 3.05) is 0 Å². The molecule has 0 saturated heterocycles. The van der Waals surface area contributed by atoms with Crippen LogP contribution >= 0.6 is 0 Å². The van der Waals surface area contributed by atoms with Gasteiger partial charge in [0.15, 0.2) is 0 Å². The number of hydrogen-bond acceptors (Lipinski definition) is 2. The van der Waals surface area contributed by atoms with Crippen LogP contribution in [0.15, 0.2) is 42.5 Å². The van der Waals surface area contributed by atoms with Crippen molar-refractivity contribution in [3.05, 3.63) is 64.8 Å². The van der Waals surface area contributed by atoms with Gasteiger partial charge >= 0.3 is 0 Å². The van der Waals surface area contributed by atoms with E-state index < -0.39 is 0 Å². The average molecular weight is 292 g/mol. The lowest BCUT2D eigenvalue weighted by molar-refractivity contribution is 0.798. The summed E-state index contributed by atoms with van der Waals surface area (Å²) in [5.74, 6) is 0.364. The molecule has 2 N–H and O–H groups in total. The lowest BCUT2D eigenvalue weighted by Gasteiger charge is -2.12. The van der Waals surface area contributed by atoms with E-state index in [0.717, 1.165) is 23.3 Å². The molecule has 0 bridgehead atoms. The molecule has 0 unspecified atom stereocenters. The molecule has 22 heavy (non-hydrogen) atoms. The number of rotatable bonds is 2. The number of nitrogens with one attached hydrogen (secondary N) is 2. The van der Waals surface area contributed by atoms with E-state index >= 15 is 0 Å². The minimum atomic E-state index is 0.341. The highest BCUT2D eigenvalue weighted by atomic mass is 15.1. The Morgan fingerprint density at radius 3 is 2.45 bits per heavy atom. The molecule has 0 radical (unpaired) electrons. The van der Waals surface area contributed by atoms with Crippen LogP contribution in [0.2, 0.25) is 0 Å². The largest absolute Gasteiger partial charge is 0.339 e. The van der Waals surface area contributed by atoms with Gasteiger partial charge in [-0.05, 0) is 50.1 Å². The van der Waals surface area contributed by atoms with Crippen LogP contribution < -0.4 is 5.49 Å². The third-order valence-corrected chi connectivity index (χ3v) is 4.13. The monoisotopic (exact) mass is 292 g/mol. The van der Waals surface area contributed by atoms with Crippen molar-refractivity contribution in [3.63, 3.8) is 0 Å². The van der Waals surface area contributed by atoms with Crippen LogP contribution in [0.3, 0.4) is 0 Å². The highest BCUT2D eigenvalue weighted by molar-refractivity contribution is 5.90. The fraction of sp³-hybridized carbons (Fsp3) is 0.222. The summed E-state index contributed by atoms with van der Waals surface area (Å²) in [6, 6.07) is 14.2. The van der Waals surface area contributed by atoms with Gasteiger partial charge in [-0.2, -0.15) is 0 Å². The van der Waals surface area contributed by atoms with Crippen molar-refractivity contribution >= 4 is 16.9 Å². The Bertz CT molecular complexity index is 928. The van der Waals surface area contributed by atoms with Crippen LogP contribution in [0, 0.1) is 24.7 Å². The topological polar surface area (TPSA) is 57.6 Å². The summed E-state index contributed by atoms with van der Waals surface area (Å²) < 4.78 is 3.92.